The quantitative estimate of drug-likeness (QED) is 0.396. The normalized spacial score (nSPS) is 10.9. The number of carbonyl (C=O) groups excluding carboxylic acids is 1. The van der Waals surface area contributed by atoms with E-state index in [0.717, 1.165) is 22.6 Å². The van der Waals surface area contributed by atoms with E-state index >= 15 is 0 Å². The van der Waals surface area contributed by atoms with Crippen LogP contribution in [0.25, 0.3) is 0 Å². The van der Waals surface area contributed by atoms with Crippen LogP contribution in [0, 0.1) is 6.92 Å². The van der Waals surface area contributed by atoms with E-state index < -0.39 is 5.69 Å². The van der Waals surface area contributed by atoms with E-state index in [4.69, 9.17) is 33.1 Å². The van der Waals surface area contributed by atoms with Crippen molar-refractivity contribution in [2.45, 2.75) is 6.92 Å². The number of aryl methyl sites for hydroxylation is 1. The fourth-order valence-electron chi connectivity index (χ4n) is 1.35. The van der Waals surface area contributed by atoms with Gasteiger partial charge in [-0.25, -0.2) is 0 Å². The zero-order valence-electron chi connectivity index (χ0n) is 12.4. The molecular weight excluding hydrogens is 361 g/mol. The summed E-state index contributed by atoms with van der Waals surface area (Å²) in [5.41, 5.74) is 4.62. The average molecular weight is 379 g/mol. The van der Waals surface area contributed by atoms with Crippen LogP contribution in [0.5, 0.6) is 0 Å². The van der Waals surface area contributed by atoms with E-state index in [-0.39, 0.29) is 11.7 Å². The van der Waals surface area contributed by atoms with Crippen molar-refractivity contribution in [3.63, 3.8) is 0 Å². The Kier molecular flexibility index (Phi) is 8.30. The van der Waals surface area contributed by atoms with Gasteiger partial charge in [-0.1, -0.05) is 29.6 Å². The van der Waals surface area contributed by atoms with Gasteiger partial charge in [0, 0.05) is 19.9 Å². The maximum atomic E-state index is 11.7. The summed E-state index contributed by atoms with van der Waals surface area (Å²) in [6.07, 6.45) is 0. The highest BCUT2D eigenvalue weighted by Gasteiger charge is 2.18. The number of hydrazine groups is 1. The zero-order valence-corrected chi connectivity index (χ0v) is 15.8. The van der Waals surface area contributed by atoms with E-state index in [1.165, 1.54) is 14.2 Å². The molecule has 0 bridgehead atoms. The summed E-state index contributed by atoms with van der Waals surface area (Å²) in [5.74, 6) is -0.166. The van der Waals surface area contributed by atoms with Crippen molar-refractivity contribution >= 4 is 57.8 Å². The standard InChI is InChI=1S/C12H18N3O3PS3/c1-9-6-4-5-7-10(9)13-12(20)15-14-11(16)8-22-19(21,17-2)18-3/h4-7H,8H2,1-3H3,(H,14,16)(H2,13,15,20). The summed E-state index contributed by atoms with van der Waals surface area (Å²) in [7, 11) is 2.93. The number of amides is 1. The van der Waals surface area contributed by atoms with E-state index in [1.807, 2.05) is 31.2 Å². The zero-order chi connectivity index (χ0) is 16.6. The lowest BCUT2D eigenvalue weighted by Crippen LogP contribution is -2.44. The molecule has 0 spiro atoms. The average Bonchev–Trinajstić information content (AvgIpc) is 2.53. The first-order valence-electron chi connectivity index (χ1n) is 6.17. The molecule has 0 aliphatic heterocycles. The second kappa shape index (κ2) is 9.44. The molecule has 1 aromatic carbocycles. The van der Waals surface area contributed by atoms with Crippen LogP contribution in [0.2, 0.25) is 0 Å². The summed E-state index contributed by atoms with van der Waals surface area (Å²) in [4.78, 5) is 11.7. The second-order valence-electron chi connectivity index (χ2n) is 4.03. The van der Waals surface area contributed by atoms with Crippen molar-refractivity contribution in [1.82, 2.24) is 10.9 Å². The van der Waals surface area contributed by atoms with E-state index in [9.17, 15) is 4.79 Å². The predicted molar refractivity (Wildman–Crippen MR) is 99.4 cm³/mol. The van der Waals surface area contributed by atoms with Gasteiger partial charge in [0.1, 0.15) is 0 Å². The number of hydrogen-bond acceptors (Lipinski definition) is 6. The Morgan fingerprint density at radius 2 is 1.91 bits per heavy atom. The largest absolute Gasteiger partial charge is 0.331 e. The van der Waals surface area contributed by atoms with Crippen LogP contribution in [-0.4, -0.2) is 31.0 Å². The number of nitrogens with one attached hydrogen (secondary N) is 3. The van der Waals surface area contributed by atoms with Crippen LogP contribution in [0.1, 0.15) is 5.56 Å². The van der Waals surface area contributed by atoms with E-state index in [1.54, 1.807) is 0 Å². The van der Waals surface area contributed by atoms with Crippen molar-refractivity contribution < 1.29 is 13.8 Å². The second-order valence-corrected chi connectivity index (χ2v) is 11.0. The number of carbonyl (C=O) groups is 1. The Hall–Kier alpha value is -0.700. The smallest absolute Gasteiger partial charge is 0.248 e. The lowest BCUT2D eigenvalue weighted by Gasteiger charge is -2.17. The third kappa shape index (κ3) is 6.60. The SMILES string of the molecule is COP(=S)(OC)SCC(=O)NNC(=S)Nc1ccccc1C. The Morgan fingerprint density at radius 3 is 2.50 bits per heavy atom. The molecule has 122 valence electrons. The molecule has 0 fully saturated rings. The van der Waals surface area contributed by atoms with Gasteiger partial charge in [-0.05, 0) is 42.6 Å². The molecule has 22 heavy (non-hydrogen) atoms. The Bertz CT molecular complexity index is 578. The molecule has 1 amide bonds. The molecule has 0 atom stereocenters. The van der Waals surface area contributed by atoms with Crippen molar-refractivity contribution in [2.24, 2.45) is 0 Å². The molecule has 0 radical (unpaired) electrons. The third-order valence-electron chi connectivity index (χ3n) is 2.51. The molecule has 0 aliphatic carbocycles. The van der Waals surface area contributed by atoms with Gasteiger partial charge in [0.2, 0.25) is 11.6 Å². The minimum absolute atomic E-state index is 0.110. The number of thiocarbonyl (C=S) groups is 1. The minimum Gasteiger partial charge on any atom is -0.331 e. The lowest BCUT2D eigenvalue weighted by molar-refractivity contribution is -0.119. The Morgan fingerprint density at radius 1 is 1.27 bits per heavy atom. The van der Waals surface area contributed by atoms with Gasteiger partial charge in [-0.3, -0.25) is 15.6 Å². The van der Waals surface area contributed by atoms with Gasteiger partial charge in [0.25, 0.3) is 0 Å². The Labute approximate surface area is 144 Å². The maximum absolute atomic E-state index is 11.7. The van der Waals surface area contributed by atoms with Gasteiger partial charge >= 0.3 is 0 Å². The number of benzene rings is 1. The highest BCUT2D eigenvalue weighted by atomic mass is 32.9. The predicted octanol–water partition coefficient (Wildman–Crippen LogP) is 2.56. The van der Waals surface area contributed by atoms with Crippen molar-refractivity contribution in [3.8, 4) is 0 Å². The van der Waals surface area contributed by atoms with E-state index in [0.29, 0.717) is 5.11 Å². The van der Waals surface area contributed by atoms with Gasteiger partial charge in [0.05, 0.1) is 5.75 Å². The number of hydrogen-bond donors (Lipinski definition) is 3. The summed E-state index contributed by atoms with van der Waals surface area (Å²) >= 11 is 11.4. The van der Waals surface area contributed by atoms with E-state index in [2.05, 4.69) is 16.2 Å². The van der Waals surface area contributed by atoms with Gasteiger partial charge in [-0.15, -0.1) is 0 Å². The summed E-state index contributed by atoms with van der Waals surface area (Å²) in [6, 6.07) is 7.69. The molecule has 0 aliphatic rings. The van der Waals surface area contributed by atoms with Crippen LogP contribution < -0.4 is 16.2 Å². The molecule has 6 nitrogen and oxygen atoms in total. The van der Waals surface area contributed by atoms with Crippen molar-refractivity contribution in [2.75, 3.05) is 25.3 Å². The molecule has 0 unspecified atom stereocenters. The van der Waals surface area contributed by atoms with Crippen LogP contribution in [-0.2, 0) is 25.6 Å². The van der Waals surface area contributed by atoms with Crippen molar-refractivity contribution in [3.05, 3.63) is 29.8 Å². The van der Waals surface area contributed by atoms with Crippen LogP contribution in [0.3, 0.4) is 0 Å². The van der Waals surface area contributed by atoms with Gasteiger partial charge in [-0.2, -0.15) is 0 Å². The van der Waals surface area contributed by atoms with Crippen molar-refractivity contribution in [1.29, 1.82) is 0 Å². The lowest BCUT2D eigenvalue weighted by atomic mass is 10.2. The first-order valence-corrected chi connectivity index (χ1v) is 10.8. The molecular formula is C12H18N3O3PS3. The molecule has 0 aromatic heterocycles. The molecule has 1 aromatic rings. The van der Waals surface area contributed by atoms with Crippen LogP contribution in [0.15, 0.2) is 24.3 Å². The highest BCUT2D eigenvalue weighted by molar-refractivity contribution is 8.68. The maximum Gasteiger partial charge on any atom is 0.248 e. The van der Waals surface area contributed by atoms with Gasteiger partial charge < -0.3 is 14.4 Å². The van der Waals surface area contributed by atoms with Crippen LogP contribution >= 0.6 is 29.3 Å². The topological polar surface area (TPSA) is 71.6 Å². The minimum atomic E-state index is -2.43. The summed E-state index contributed by atoms with van der Waals surface area (Å²) in [6.45, 7) is 1.96. The molecule has 0 heterocycles. The molecule has 10 heteroatoms. The summed E-state index contributed by atoms with van der Waals surface area (Å²) in [5, 5.41) is 3.29. The number of anilines is 1. The first kappa shape index (κ1) is 19.3. The highest BCUT2D eigenvalue weighted by Crippen LogP contribution is 2.59. The fourth-order valence-corrected chi connectivity index (χ4v) is 4.15. The third-order valence-corrected chi connectivity index (χ3v) is 8.39. The molecule has 3 N–H and O–H groups in total. The monoisotopic (exact) mass is 379 g/mol. The molecule has 0 saturated heterocycles. The van der Waals surface area contributed by atoms with Crippen LogP contribution in [0.4, 0.5) is 5.69 Å². The Balaban J connectivity index is 2.37. The summed E-state index contributed by atoms with van der Waals surface area (Å²) < 4.78 is 10.2. The van der Waals surface area contributed by atoms with Gasteiger partial charge in [0.15, 0.2) is 5.11 Å². The molecule has 0 saturated carbocycles. The number of rotatable bonds is 6. The first-order chi connectivity index (χ1) is 10.4. The number of para-hydroxylation sites is 1. The fraction of sp³-hybridized carbons (Fsp3) is 0.333. The molecule has 1 rings (SSSR count).